The number of imidazole rings is 1. The first-order chi connectivity index (χ1) is 16.2. The molecular weight excluding hydrogens is 414 g/mol. The molecule has 0 atom stereocenters. The average Bonchev–Trinajstić information content (AvgIpc) is 3.22. The van der Waals surface area contributed by atoms with Gasteiger partial charge in [-0.05, 0) is 62.1 Å². The monoisotopic (exact) mass is 449 g/mol. The molecule has 1 aromatic heterocycles. The zero-order chi connectivity index (χ0) is 22.9. The second-order valence-electron chi connectivity index (χ2n) is 8.78. The molecule has 1 saturated carbocycles. The number of nitrogens with zero attached hydrogens (tertiary/aromatic N) is 2. The number of carbonyl (C=O) groups is 1. The van der Waals surface area contributed by atoms with Crippen molar-refractivity contribution < 1.29 is 14.3 Å². The lowest BCUT2D eigenvalue weighted by Gasteiger charge is -2.20. The molecule has 2 aromatic carbocycles. The minimum atomic E-state index is 0.197. The van der Waals surface area contributed by atoms with Crippen molar-refractivity contribution in [2.75, 3.05) is 20.3 Å². The molecule has 0 aliphatic heterocycles. The molecule has 1 heterocycles. The second-order valence-corrected chi connectivity index (χ2v) is 8.78. The standard InChI is InChI=1S/C27H35N3O3/c1-32-22-13-15-23(16-14-22)33-20-8-7-19-30-25-12-6-5-11-24(25)29-26(30)17-18-28-27(31)21-9-3-2-4-10-21/h5-6,11-16,21H,2-4,7-10,17-20H2,1H3,(H,28,31). The van der Waals surface area contributed by atoms with Gasteiger partial charge in [0.25, 0.3) is 0 Å². The molecule has 1 aliphatic carbocycles. The van der Waals surface area contributed by atoms with Gasteiger partial charge in [0.1, 0.15) is 17.3 Å². The summed E-state index contributed by atoms with van der Waals surface area (Å²) in [5, 5.41) is 3.15. The molecule has 0 bridgehead atoms. The Hall–Kier alpha value is -3.02. The summed E-state index contributed by atoms with van der Waals surface area (Å²) in [7, 11) is 1.66. The van der Waals surface area contributed by atoms with Crippen LogP contribution < -0.4 is 14.8 Å². The van der Waals surface area contributed by atoms with Gasteiger partial charge in [0, 0.05) is 25.4 Å². The fourth-order valence-corrected chi connectivity index (χ4v) is 4.61. The van der Waals surface area contributed by atoms with Crippen LogP contribution in [0, 0.1) is 5.92 Å². The highest BCUT2D eigenvalue weighted by atomic mass is 16.5. The van der Waals surface area contributed by atoms with E-state index >= 15 is 0 Å². The summed E-state index contributed by atoms with van der Waals surface area (Å²) in [6.07, 6.45) is 8.38. The Morgan fingerprint density at radius 3 is 2.58 bits per heavy atom. The van der Waals surface area contributed by atoms with E-state index in [1.165, 1.54) is 19.3 Å². The number of methoxy groups -OCH3 is 1. The number of nitrogens with one attached hydrogen (secondary N) is 1. The Bertz CT molecular complexity index is 1020. The summed E-state index contributed by atoms with van der Waals surface area (Å²) in [5.41, 5.74) is 2.17. The molecule has 0 saturated heterocycles. The normalized spacial score (nSPS) is 14.3. The second kappa shape index (κ2) is 11.7. The third-order valence-electron chi connectivity index (χ3n) is 6.46. The van der Waals surface area contributed by atoms with Crippen molar-refractivity contribution in [2.45, 2.75) is 57.9 Å². The predicted octanol–water partition coefficient (Wildman–Crippen LogP) is 5.14. The molecule has 3 aromatic rings. The number of hydrogen-bond donors (Lipinski definition) is 1. The summed E-state index contributed by atoms with van der Waals surface area (Å²) in [5.74, 6) is 3.14. The SMILES string of the molecule is COc1ccc(OCCCCn2c(CCNC(=O)C3CCCCC3)nc3ccccc32)cc1. The number of para-hydroxylation sites is 2. The lowest BCUT2D eigenvalue weighted by atomic mass is 9.89. The first-order valence-corrected chi connectivity index (χ1v) is 12.2. The average molecular weight is 450 g/mol. The van der Waals surface area contributed by atoms with Crippen LogP contribution in [-0.4, -0.2) is 35.7 Å². The Balaban J connectivity index is 1.28. The van der Waals surface area contributed by atoms with Crippen LogP contribution in [0.2, 0.25) is 0 Å². The smallest absolute Gasteiger partial charge is 0.223 e. The maximum absolute atomic E-state index is 12.5. The number of rotatable bonds is 11. The predicted molar refractivity (Wildman–Crippen MR) is 131 cm³/mol. The largest absolute Gasteiger partial charge is 0.497 e. The molecule has 1 N–H and O–H groups in total. The van der Waals surface area contributed by atoms with E-state index in [1.54, 1.807) is 7.11 Å². The Morgan fingerprint density at radius 2 is 1.79 bits per heavy atom. The number of carbonyl (C=O) groups excluding carboxylic acids is 1. The Labute approximate surface area is 196 Å². The third kappa shape index (κ3) is 6.28. The van der Waals surface area contributed by atoms with Crippen molar-refractivity contribution >= 4 is 16.9 Å². The van der Waals surface area contributed by atoms with Gasteiger partial charge < -0.3 is 19.4 Å². The van der Waals surface area contributed by atoms with Crippen LogP contribution in [0.25, 0.3) is 11.0 Å². The van der Waals surface area contributed by atoms with Gasteiger partial charge >= 0.3 is 0 Å². The van der Waals surface area contributed by atoms with Gasteiger partial charge in [0.15, 0.2) is 0 Å². The summed E-state index contributed by atoms with van der Waals surface area (Å²) in [6.45, 7) is 2.20. The number of fused-ring (bicyclic) bond motifs is 1. The lowest BCUT2D eigenvalue weighted by molar-refractivity contribution is -0.125. The van der Waals surface area contributed by atoms with E-state index in [0.717, 1.165) is 67.0 Å². The summed E-state index contributed by atoms with van der Waals surface area (Å²) in [6, 6.07) is 15.9. The topological polar surface area (TPSA) is 65.4 Å². The first kappa shape index (κ1) is 23.1. The van der Waals surface area contributed by atoms with Gasteiger partial charge in [-0.15, -0.1) is 0 Å². The summed E-state index contributed by atoms with van der Waals surface area (Å²) >= 11 is 0. The van der Waals surface area contributed by atoms with Crippen LogP contribution in [0.1, 0.15) is 50.8 Å². The molecule has 0 unspecified atom stereocenters. The minimum Gasteiger partial charge on any atom is -0.497 e. The van der Waals surface area contributed by atoms with Crippen molar-refractivity contribution in [2.24, 2.45) is 5.92 Å². The van der Waals surface area contributed by atoms with E-state index in [-0.39, 0.29) is 11.8 Å². The maximum atomic E-state index is 12.5. The molecule has 1 amide bonds. The van der Waals surface area contributed by atoms with Gasteiger partial charge in [-0.1, -0.05) is 31.4 Å². The number of amides is 1. The van der Waals surface area contributed by atoms with Crippen LogP contribution in [0.15, 0.2) is 48.5 Å². The Kier molecular flexibility index (Phi) is 8.23. The van der Waals surface area contributed by atoms with E-state index in [0.29, 0.717) is 13.2 Å². The number of ether oxygens (including phenoxy) is 2. The van der Waals surface area contributed by atoms with E-state index in [2.05, 4.69) is 28.1 Å². The van der Waals surface area contributed by atoms with Gasteiger partial charge in [-0.3, -0.25) is 4.79 Å². The highest BCUT2D eigenvalue weighted by molar-refractivity contribution is 5.78. The van der Waals surface area contributed by atoms with Crippen LogP contribution in [-0.2, 0) is 17.8 Å². The minimum absolute atomic E-state index is 0.197. The molecule has 176 valence electrons. The molecule has 1 fully saturated rings. The number of benzene rings is 2. The molecule has 33 heavy (non-hydrogen) atoms. The number of hydrogen-bond acceptors (Lipinski definition) is 4. The van der Waals surface area contributed by atoms with E-state index in [9.17, 15) is 4.79 Å². The van der Waals surface area contributed by atoms with Gasteiger partial charge in [0.2, 0.25) is 5.91 Å². The maximum Gasteiger partial charge on any atom is 0.223 e. The van der Waals surface area contributed by atoms with E-state index in [1.807, 2.05) is 30.3 Å². The fourth-order valence-electron chi connectivity index (χ4n) is 4.61. The van der Waals surface area contributed by atoms with Crippen LogP contribution >= 0.6 is 0 Å². The molecular formula is C27H35N3O3. The number of unbranched alkanes of at least 4 members (excludes halogenated alkanes) is 1. The molecule has 1 aliphatic rings. The van der Waals surface area contributed by atoms with Gasteiger partial charge in [-0.2, -0.15) is 0 Å². The molecule has 6 nitrogen and oxygen atoms in total. The highest BCUT2D eigenvalue weighted by Crippen LogP contribution is 2.24. The number of aryl methyl sites for hydroxylation is 1. The van der Waals surface area contributed by atoms with Crippen molar-refractivity contribution in [1.29, 1.82) is 0 Å². The highest BCUT2D eigenvalue weighted by Gasteiger charge is 2.20. The molecule has 0 spiro atoms. The van der Waals surface area contributed by atoms with Crippen molar-refractivity contribution in [3.8, 4) is 11.5 Å². The van der Waals surface area contributed by atoms with Crippen LogP contribution in [0.5, 0.6) is 11.5 Å². The van der Waals surface area contributed by atoms with Gasteiger partial charge in [-0.25, -0.2) is 4.98 Å². The fraction of sp³-hybridized carbons (Fsp3) is 0.481. The number of aromatic nitrogens is 2. The lowest BCUT2D eigenvalue weighted by Crippen LogP contribution is -2.33. The van der Waals surface area contributed by atoms with Crippen molar-refractivity contribution in [3.63, 3.8) is 0 Å². The molecule has 0 radical (unpaired) electrons. The zero-order valence-corrected chi connectivity index (χ0v) is 19.6. The van der Waals surface area contributed by atoms with Crippen LogP contribution in [0.3, 0.4) is 0 Å². The van der Waals surface area contributed by atoms with Crippen molar-refractivity contribution in [3.05, 3.63) is 54.4 Å². The van der Waals surface area contributed by atoms with Crippen molar-refractivity contribution in [1.82, 2.24) is 14.9 Å². The molecule has 6 heteroatoms. The zero-order valence-electron chi connectivity index (χ0n) is 19.6. The van der Waals surface area contributed by atoms with E-state index < -0.39 is 0 Å². The third-order valence-corrected chi connectivity index (χ3v) is 6.46. The van der Waals surface area contributed by atoms with Crippen LogP contribution in [0.4, 0.5) is 0 Å². The quantitative estimate of drug-likeness (QED) is 0.412. The Morgan fingerprint density at radius 1 is 1.03 bits per heavy atom. The van der Waals surface area contributed by atoms with Gasteiger partial charge in [0.05, 0.1) is 24.8 Å². The first-order valence-electron chi connectivity index (χ1n) is 12.2. The summed E-state index contributed by atoms with van der Waals surface area (Å²) < 4.78 is 13.3. The molecule has 4 rings (SSSR count). The summed E-state index contributed by atoms with van der Waals surface area (Å²) in [4.78, 5) is 17.3. The van der Waals surface area contributed by atoms with E-state index in [4.69, 9.17) is 14.5 Å².